The lowest BCUT2D eigenvalue weighted by Gasteiger charge is -2.16. The molecule has 1 amide bonds. The van der Waals surface area contributed by atoms with Crippen LogP contribution in [0.2, 0.25) is 0 Å². The summed E-state index contributed by atoms with van der Waals surface area (Å²) in [6, 6.07) is 17.0. The van der Waals surface area contributed by atoms with E-state index >= 15 is 0 Å². The van der Waals surface area contributed by atoms with Gasteiger partial charge in [-0.05, 0) is 43.3 Å². The zero-order chi connectivity index (χ0) is 22.2. The third-order valence-electron chi connectivity index (χ3n) is 4.27. The van der Waals surface area contributed by atoms with Crippen molar-refractivity contribution >= 4 is 17.6 Å². The number of hydrogen-bond acceptors (Lipinski definition) is 7. The Hall–Kier alpha value is -4.07. The summed E-state index contributed by atoms with van der Waals surface area (Å²) in [6.07, 6.45) is 0.411. The number of carbonyl (C=O) groups excluding carboxylic acids is 2. The van der Waals surface area contributed by atoms with Gasteiger partial charge in [0.05, 0.1) is 19.9 Å². The monoisotopic (exact) mass is 422 g/mol. The quantitative estimate of drug-likeness (QED) is 0.547. The van der Waals surface area contributed by atoms with E-state index in [2.05, 4.69) is 10.3 Å². The number of esters is 1. The Balaban J connectivity index is 1.70. The third-order valence-corrected chi connectivity index (χ3v) is 4.27. The molecule has 0 aliphatic carbocycles. The first-order valence-corrected chi connectivity index (χ1v) is 9.43. The number of nitrogens with one attached hydrogen (secondary N) is 1. The number of pyridine rings is 1. The molecule has 2 aromatic carbocycles. The molecule has 0 aliphatic heterocycles. The van der Waals surface area contributed by atoms with E-state index in [1.807, 2.05) is 6.07 Å². The third kappa shape index (κ3) is 5.51. The van der Waals surface area contributed by atoms with Crippen molar-refractivity contribution in [3.05, 3.63) is 72.4 Å². The van der Waals surface area contributed by atoms with Crippen molar-refractivity contribution in [2.24, 2.45) is 0 Å². The minimum atomic E-state index is -1.09. The van der Waals surface area contributed by atoms with Crippen molar-refractivity contribution in [2.45, 2.75) is 13.0 Å². The van der Waals surface area contributed by atoms with Crippen LogP contribution in [0.4, 0.5) is 5.69 Å². The van der Waals surface area contributed by atoms with Crippen LogP contribution in [0.15, 0.2) is 66.9 Å². The Morgan fingerprint density at radius 3 is 2.42 bits per heavy atom. The molecule has 8 heteroatoms. The van der Waals surface area contributed by atoms with Crippen molar-refractivity contribution in [2.75, 3.05) is 19.5 Å². The molecule has 1 N–H and O–H groups in total. The number of hydrogen-bond donors (Lipinski definition) is 1. The van der Waals surface area contributed by atoms with E-state index in [1.165, 1.54) is 33.4 Å². The number of ether oxygens (including phenoxy) is 4. The Kier molecular flexibility index (Phi) is 7.05. The number of nitrogens with zero attached hydrogens (tertiary/aromatic N) is 1. The van der Waals surface area contributed by atoms with Crippen molar-refractivity contribution < 1.29 is 28.5 Å². The van der Waals surface area contributed by atoms with Crippen LogP contribution in [0.5, 0.6) is 23.1 Å². The predicted octanol–water partition coefficient (Wildman–Crippen LogP) is 4.08. The SMILES string of the molecule is COc1ccc(OC)c(NC(=O)C(C)OC(=O)c2cccnc2Oc2ccccc2)c1. The van der Waals surface area contributed by atoms with Crippen LogP contribution >= 0.6 is 0 Å². The van der Waals surface area contributed by atoms with Gasteiger partial charge in [-0.25, -0.2) is 9.78 Å². The predicted molar refractivity (Wildman–Crippen MR) is 114 cm³/mol. The van der Waals surface area contributed by atoms with Crippen molar-refractivity contribution in [3.63, 3.8) is 0 Å². The summed E-state index contributed by atoms with van der Waals surface area (Å²) < 4.78 is 21.4. The van der Waals surface area contributed by atoms with Crippen molar-refractivity contribution in [1.29, 1.82) is 0 Å². The van der Waals surface area contributed by atoms with E-state index < -0.39 is 18.0 Å². The van der Waals surface area contributed by atoms with E-state index in [1.54, 1.807) is 48.5 Å². The fourth-order valence-electron chi connectivity index (χ4n) is 2.65. The van der Waals surface area contributed by atoms with E-state index in [0.29, 0.717) is 22.9 Å². The number of rotatable bonds is 8. The van der Waals surface area contributed by atoms with Gasteiger partial charge in [-0.1, -0.05) is 18.2 Å². The minimum Gasteiger partial charge on any atom is -0.497 e. The molecule has 1 atom stereocenters. The van der Waals surface area contributed by atoms with Crippen LogP contribution in [-0.2, 0) is 9.53 Å². The highest BCUT2D eigenvalue weighted by molar-refractivity contribution is 5.99. The molecule has 0 saturated heterocycles. The summed E-state index contributed by atoms with van der Waals surface area (Å²) in [5.74, 6) is 0.317. The van der Waals surface area contributed by atoms with Crippen molar-refractivity contribution in [1.82, 2.24) is 4.98 Å². The Bertz CT molecular complexity index is 1050. The van der Waals surface area contributed by atoms with Gasteiger partial charge in [0, 0.05) is 12.3 Å². The highest BCUT2D eigenvalue weighted by Crippen LogP contribution is 2.29. The Labute approximate surface area is 179 Å². The molecule has 3 aromatic rings. The van der Waals surface area contributed by atoms with Gasteiger partial charge in [0.2, 0.25) is 5.88 Å². The highest BCUT2D eigenvalue weighted by atomic mass is 16.6. The van der Waals surface area contributed by atoms with Crippen LogP contribution < -0.4 is 19.5 Å². The Morgan fingerprint density at radius 2 is 1.71 bits per heavy atom. The molecule has 1 unspecified atom stereocenters. The van der Waals surface area contributed by atoms with Crippen molar-refractivity contribution in [3.8, 4) is 23.1 Å². The number of benzene rings is 2. The van der Waals surface area contributed by atoms with E-state index in [-0.39, 0.29) is 11.4 Å². The first-order valence-electron chi connectivity index (χ1n) is 9.43. The molecule has 3 rings (SSSR count). The summed E-state index contributed by atoms with van der Waals surface area (Å²) in [4.78, 5) is 29.4. The van der Waals surface area contributed by atoms with Gasteiger partial charge >= 0.3 is 5.97 Å². The number of aromatic nitrogens is 1. The van der Waals surface area contributed by atoms with Crippen LogP contribution in [-0.4, -0.2) is 37.2 Å². The Morgan fingerprint density at radius 1 is 0.935 bits per heavy atom. The maximum Gasteiger partial charge on any atom is 0.344 e. The summed E-state index contributed by atoms with van der Waals surface area (Å²) >= 11 is 0. The lowest BCUT2D eigenvalue weighted by molar-refractivity contribution is -0.123. The van der Waals surface area contributed by atoms with Gasteiger partial charge in [0.25, 0.3) is 5.91 Å². The maximum atomic E-state index is 12.7. The molecule has 0 bridgehead atoms. The zero-order valence-corrected chi connectivity index (χ0v) is 17.3. The normalized spacial score (nSPS) is 11.2. The van der Waals surface area contributed by atoms with Crippen LogP contribution in [0.1, 0.15) is 17.3 Å². The fourth-order valence-corrected chi connectivity index (χ4v) is 2.65. The lowest BCUT2D eigenvalue weighted by Crippen LogP contribution is -2.30. The standard InChI is InChI=1S/C23H22N2O6/c1-15(21(26)25-19-14-17(28-2)11-12-20(19)29-3)30-23(27)18-10-7-13-24-22(18)31-16-8-5-4-6-9-16/h4-15H,1-3H3,(H,25,26). The van der Waals surface area contributed by atoms with Gasteiger partial charge in [-0.3, -0.25) is 4.79 Å². The second-order valence-corrected chi connectivity index (χ2v) is 6.37. The van der Waals surface area contributed by atoms with Crippen LogP contribution in [0.25, 0.3) is 0 Å². The zero-order valence-electron chi connectivity index (χ0n) is 17.3. The number of anilines is 1. The topological polar surface area (TPSA) is 96.0 Å². The van der Waals surface area contributed by atoms with Crippen LogP contribution in [0, 0.1) is 0 Å². The highest BCUT2D eigenvalue weighted by Gasteiger charge is 2.23. The smallest absolute Gasteiger partial charge is 0.344 e. The summed E-state index contributed by atoms with van der Waals surface area (Å²) in [5.41, 5.74) is 0.495. The number of amides is 1. The molecule has 0 fully saturated rings. The molecule has 160 valence electrons. The molecule has 0 spiro atoms. The van der Waals surface area contributed by atoms with E-state index in [9.17, 15) is 9.59 Å². The maximum absolute atomic E-state index is 12.7. The summed E-state index contributed by atoms with van der Waals surface area (Å²) in [5, 5.41) is 2.68. The van der Waals surface area contributed by atoms with Gasteiger partial charge in [0.1, 0.15) is 22.8 Å². The molecule has 0 radical (unpaired) electrons. The molecule has 8 nitrogen and oxygen atoms in total. The van der Waals surface area contributed by atoms with Gasteiger partial charge in [-0.2, -0.15) is 0 Å². The molecule has 1 heterocycles. The lowest BCUT2D eigenvalue weighted by atomic mass is 10.2. The number of methoxy groups -OCH3 is 2. The molecule has 31 heavy (non-hydrogen) atoms. The fraction of sp³-hybridized carbons (Fsp3) is 0.174. The van der Waals surface area contributed by atoms with Gasteiger partial charge in [0.15, 0.2) is 6.10 Å². The second kappa shape index (κ2) is 10.1. The first-order chi connectivity index (χ1) is 15.0. The van der Waals surface area contributed by atoms with Gasteiger partial charge in [-0.15, -0.1) is 0 Å². The average molecular weight is 422 g/mol. The van der Waals surface area contributed by atoms with Gasteiger partial charge < -0.3 is 24.3 Å². The average Bonchev–Trinajstić information content (AvgIpc) is 2.79. The second-order valence-electron chi connectivity index (χ2n) is 6.37. The first kappa shape index (κ1) is 21.6. The molecule has 0 saturated carbocycles. The molecule has 1 aromatic heterocycles. The minimum absolute atomic E-state index is 0.0840. The van der Waals surface area contributed by atoms with E-state index in [0.717, 1.165) is 0 Å². The number of para-hydroxylation sites is 1. The molecular weight excluding hydrogens is 400 g/mol. The summed E-state index contributed by atoms with van der Waals surface area (Å²) in [6.45, 7) is 1.47. The molecular formula is C23H22N2O6. The van der Waals surface area contributed by atoms with E-state index in [4.69, 9.17) is 18.9 Å². The van der Waals surface area contributed by atoms with Crippen LogP contribution in [0.3, 0.4) is 0 Å². The summed E-state index contributed by atoms with van der Waals surface area (Å²) in [7, 11) is 3.00. The molecule has 0 aliphatic rings. The largest absolute Gasteiger partial charge is 0.497 e. The number of carbonyl (C=O) groups is 2.